The van der Waals surface area contributed by atoms with Crippen molar-refractivity contribution in [1.82, 2.24) is 4.90 Å². The molecule has 1 saturated heterocycles. The van der Waals surface area contributed by atoms with Crippen LogP contribution < -0.4 is 5.73 Å². The minimum Gasteiger partial charge on any atom is -0.444 e. The molecule has 1 aromatic rings. The summed E-state index contributed by atoms with van der Waals surface area (Å²) in [6, 6.07) is 5.17. The zero-order valence-electron chi connectivity index (χ0n) is 15.5. The first-order valence-electron chi connectivity index (χ1n) is 8.86. The highest BCUT2D eigenvalue weighted by atomic mass is 19.4. The van der Waals surface area contributed by atoms with Crippen molar-refractivity contribution >= 4 is 6.09 Å². The van der Waals surface area contributed by atoms with Crippen LogP contribution in [-0.4, -0.2) is 36.2 Å². The Kier molecular flexibility index (Phi) is 6.21. The zero-order chi connectivity index (χ0) is 19.5. The van der Waals surface area contributed by atoms with Gasteiger partial charge < -0.3 is 15.4 Å². The van der Waals surface area contributed by atoms with Crippen molar-refractivity contribution in [3.8, 4) is 0 Å². The van der Waals surface area contributed by atoms with Crippen LogP contribution in [0, 0.1) is 5.92 Å². The Labute approximate surface area is 152 Å². The van der Waals surface area contributed by atoms with Crippen LogP contribution in [0.4, 0.5) is 18.0 Å². The van der Waals surface area contributed by atoms with Crippen LogP contribution in [0.3, 0.4) is 0 Å². The van der Waals surface area contributed by atoms with Crippen LogP contribution in [0.1, 0.15) is 50.7 Å². The van der Waals surface area contributed by atoms with Crippen LogP contribution in [0.25, 0.3) is 0 Å². The molecule has 2 atom stereocenters. The van der Waals surface area contributed by atoms with Crippen LogP contribution in [0.5, 0.6) is 0 Å². The van der Waals surface area contributed by atoms with E-state index in [9.17, 15) is 18.0 Å². The minimum atomic E-state index is -4.35. The Hall–Kier alpha value is -1.76. The summed E-state index contributed by atoms with van der Waals surface area (Å²) in [6.45, 7) is 6.89. The van der Waals surface area contributed by atoms with E-state index in [-0.39, 0.29) is 17.9 Å². The average Bonchev–Trinajstić information content (AvgIpc) is 2.54. The van der Waals surface area contributed by atoms with Crippen molar-refractivity contribution in [3.05, 3.63) is 35.4 Å². The first-order valence-corrected chi connectivity index (χ1v) is 8.86. The summed E-state index contributed by atoms with van der Waals surface area (Å²) in [5.74, 6) is 0.000487. The van der Waals surface area contributed by atoms with E-state index in [1.54, 1.807) is 4.90 Å². The van der Waals surface area contributed by atoms with Crippen LogP contribution in [0.2, 0.25) is 0 Å². The normalized spacial score (nSPS) is 20.0. The topological polar surface area (TPSA) is 55.6 Å². The number of amides is 1. The van der Waals surface area contributed by atoms with Crippen molar-refractivity contribution in [3.63, 3.8) is 0 Å². The quantitative estimate of drug-likeness (QED) is 0.856. The van der Waals surface area contributed by atoms with Crippen molar-refractivity contribution in [2.45, 2.75) is 51.3 Å². The Bertz CT molecular complexity index is 609. The van der Waals surface area contributed by atoms with Gasteiger partial charge >= 0.3 is 12.3 Å². The number of likely N-dealkylation sites (tertiary alicyclic amines) is 1. The van der Waals surface area contributed by atoms with Crippen molar-refractivity contribution in [1.29, 1.82) is 0 Å². The van der Waals surface area contributed by atoms with Gasteiger partial charge in [-0.3, -0.25) is 0 Å². The third-order valence-corrected chi connectivity index (χ3v) is 4.60. The molecule has 1 heterocycles. The molecular formula is C19H27F3N2O2. The van der Waals surface area contributed by atoms with E-state index in [1.807, 2.05) is 20.8 Å². The third kappa shape index (κ3) is 5.37. The molecule has 26 heavy (non-hydrogen) atoms. The summed E-state index contributed by atoms with van der Waals surface area (Å²) >= 11 is 0. The monoisotopic (exact) mass is 372 g/mol. The van der Waals surface area contributed by atoms with Crippen LogP contribution >= 0.6 is 0 Å². The SMILES string of the molecule is CC(C)(C)OC(=O)N1CCCC(C(CN)c2ccc(C(F)(F)F)cc2)C1. The summed E-state index contributed by atoms with van der Waals surface area (Å²) in [7, 11) is 0. The first-order chi connectivity index (χ1) is 12.0. The lowest BCUT2D eigenvalue weighted by molar-refractivity contribution is -0.137. The number of hydrogen-bond acceptors (Lipinski definition) is 3. The Balaban J connectivity index is 2.10. The second-order valence-corrected chi connectivity index (χ2v) is 7.79. The van der Waals surface area contributed by atoms with E-state index in [4.69, 9.17) is 10.5 Å². The van der Waals surface area contributed by atoms with E-state index in [2.05, 4.69) is 0 Å². The maximum atomic E-state index is 12.7. The van der Waals surface area contributed by atoms with E-state index >= 15 is 0 Å². The molecule has 0 aliphatic carbocycles. The van der Waals surface area contributed by atoms with Gasteiger partial charge in [0, 0.05) is 19.0 Å². The van der Waals surface area contributed by atoms with Gasteiger partial charge in [-0.2, -0.15) is 13.2 Å². The summed E-state index contributed by atoms with van der Waals surface area (Å²) < 4.78 is 43.7. The van der Waals surface area contributed by atoms with Crippen molar-refractivity contribution < 1.29 is 22.7 Å². The molecule has 1 aromatic carbocycles. The molecule has 7 heteroatoms. The summed E-state index contributed by atoms with van der Waals surface area (Å²) in [5, 5.41) is 0. The maximum Gasteiger partial charge on any atom is 0.416 e. The molecule has 0 spiro atoms. The fraction of sp³-hybridized carbons (Fsp3) is 0.632. The first kappa shape index (κ1) is 20.6. The van der Waals surface area contributed by atoms with Gasteiger partial charge in [-0.1, -0.05) is 12.1 Å². The summed E-state index contributed by atoms with van der Waals surface area (Å²) in [5.41, 5.74) is 5.47. The number of carbonyl (C=O) groups is 1. The number of benzene rings is 1. The van der Waals surface area contributed by atoms with E-state index in [1.165, 1.54) is 12.1 Å². The Morgan fingerprint density at radius 1 is 1.27 bits per heavy atom. The van der Waals surface area contributed by atoms with Crippen molar-refractivity contribution in [2.75, 3.05) is 19.6 Å². The van der Waals surface area contributed by atoms with E-state index in [0.717, 1.165) is 30.5 Å². The van der Waals surface area contributed by atoms with Gasteiger partial charge in [-0.05, 0) is 63.8 Å². The second kappa shape index (κ2) is 7.86. The Morgan fingerprint density at radius 2 is 1.88 bits per heavy atom. The molecule has 2 N–H and O–H groups in total. The number of alkyl halides is 3. The van der Waals surface area contributed by atoms with E-state index in [0.29, 0.717) is 19.6 Å². The molecule has 1 aliphatic heterocycles. The fourth-order valence-corrected chi connectivity index (χ4v) is 3.35. The van der Waals surface area contributed by atoms with Crippen LogP contribution in [-0.2, 0) is 10.9 Å². The molecule has 0 bridgehead atoms. The highest BCUT2D eigenvalue weighted by molar-refractivity contribution is 5.68. The molecule has 1 amide bonds. The van der Waals surface area contributed by atoms with Crippen LogP contribution in [0.15, 0.2) is 24.3 Å². The number of hydrogen-bond donors (Lipinski definition) is 1. The number of halogens is 3. The van der Waals surface area contributed by atoms with E-state index < -0.39 is 17.3 Å². The molecule has 4 nitrogen and oxygen atoms in total. The fourth-order valence-electron chi connectivity index (χ4n) is 3.35. The highest BCUT2D eigenvalue weighted by Gasteiger charge is 2.33. The summed E-state index contributed by atoms with van der Waals surface area (Å²) in [6.07, 6.45) is -3.01. The van der Waals surface area contributed by atoms with Gasteiger partial charge in [0.05, 0.1) is 5.56 Å². The zero-order valence-corrected chi connectivity index (χ0v) is 15.5. The van der Waals surface area contributed by atoms with Gasteiger partial charge in [0.2, 0.25) is 0 Å². The maximum absolute atomic E-state index is 12.7. The number of ether oxygens (including phenoxy) is 1. The number of carbonyl (C=O) groups excluding carboxylic acids is 1. The van der Waals surface area contributed by atoms with Gasteiger partial charge in [0.15, 0.2) is 0 Å². The number of nitrogens with zero attached hydrogens (tertiary/aromatic N) is 1. The smallest absolute Gasteiger partial charge is 0.416 e. The molecule has 0 saturated carbocycles. The number of piperidine rings is 1. The van der Waals surface area contributed by atoms with Gasteiger partial charge in [-0.15, -0.1) is 0 Å². The molecule has 1 aliphatic rings. The third-order valence-electron chi connectivity index (χ3n) is 4.60. The second-order valence-electron chi connectivity index (χ2n) is 7.79. The molecule has 2 unspecified atom stereocenters. The van der Waals surface area contributed by atoms with Gasteiger partial charge in [0.1, 0.15) is 5.60 Å². The van der Waals surface area contributed by atoms with Gasteiger partial charge in [-0.25, -0.2) is 4.79 Å². The Morgan fingerprint density at radius 3 is 2.38 bits per heavy atom. The highest BCUT2D eigenvalue weighted by Crippen LogP contribution is 2.34. The van der Waals surface area contributed by atoms with Crippen molar-refractivity contribution in [2.24, 2.45) is 11.7 Å². The molecule has 146 valence electrons. The number of rotatable bonds is 3. The molecule has 1 fully saturated rings. The lowest BCUT2D eigenvalue weighted by Gasteiger charge is -2.37. The molecule has 0 radical (unpaired) electrons. The predicted molar refractivity (Wildman–Crippen MR) is 93.8 cm³/mol. The largest absolute Gasteiger partial charge is 0.444 e. The average molecular weight is 372 g/mol. The lowest BCUT2D eigenvalue weighted by Crippen LogP contribution is -2.44. The predicted octanol–water partition coefficient (Wildman–Crippen LogP) is 4.39. The van der Waals surface area contributed by atoms with Gasteiger partial charge in [0.25, 0.3) is 0 Å². The molecule has 2 rings (SSSR count). The molecular weight excluding hydrogens is 345 g/mol. The number of nitrogens with two attached hydrogens (primary N) is 1. The lowest BCUT2D eigenvalue weighted by atomic mass is 9.81. The summed E-state index contributed by atoms with van der Waals surface area (Å²) in [4.78, 5) is 14.0. The minimum absolute atomic E-state index is 0.0949. The standard InChI is InChI=1S/C19H27F3N2O2/c1-18(2,3)26-17(25)24-10-4-5-14(12-24)16(11-23)13-6-8-15(9-7-13)19(20,21)22/h6-9,14,16H,4-5,10-12,23H2,1-3H3. The molecule has 0 aromatic heterocycles.